The van der Waals surface area contributed by atoms with Crippen LogP contribution in [0.4, 0.5) is 4.39 Å². The van der Waals surface area contributed by atoms with Crippen molar-refractivity contribution in [1.82, 2.24) is 9.47 Å². The maximum Gasteiger partial charge on any atom is 0.258 e. The van der Waals surface area contributed by atoms with E-state index in [1.54, 1.807) is 24.0 Å². The van der Waals surface area contributed by atoms with Crippen LogP contribution in [-0.4, -0.2) is 28.5 Å². The lowest BCUT2D eigenvalue weighted by Gasteiger charge is -2.18. The minimum atomic E-state index is -0.525. The van der Waals surface area contributed by atoms with Crippen LogP contribution in [0.2, 0.25) is 5.02 Å². The Kier molecular flexibility index (Phi) is 5.77. The highest BCUT2D eigenvalue weighted by Crippen LogP contribution is 2.36. The fourth-order valence-electron chi connectivity index (χ4n) is 5.47. The van der Waals surface area contributed by atoms with Gasteiger partial charge in [-0.15, -0.1) is 0 Å². The van der Waals surface area contributed by atoms with Gasteiger partial charge in [0, 0.05) is 42.7 Å². The van der Waals surface area contributed by atoms with E-state index in [1.807, 2.05) is 0 Å². The van der Waals surface area contributed by atoms with Crippen molar-refractivity contribution in [3.05, 3.63) is 118 Å². The van der Waals surface area contributed by atoms with Gasteiger partial charge in [0.1, 0.15) is 5.82 Å². The van der Waals surface area contributed by atoms with Crippen LogP contribution >= 0.6 is 11.6 Å². The average molecular weight is 497 g/mol. The number of amides is 1. The number of carbonyl (C=O) groups excluding carboxylic acids is 1. The van der Waals surface area contributed by atoms with Crippen molar-refractivity contribution in [2.24, 2.45) is 0 Å². The fraction of sp³-hybridized carbons (Fsp3) is 0.194. The molecule has 1 fully saturated rings. The van der Waals surface area contributed by atoms with E-state index in [9.17, 15) is 9.18 Å². The Morgan fingerprint density at radius 3 is 2.64 bits per heavy atom. The molecule has 2 heterocycles. The zero-order chi connectivity index (χ0) is 24.8. The standard InChI is InChI=1S/C31H26ClFN2O/c1-20-10-13-27(32)29(30(20)33)31(36)34-15-14-24(18-34)26-19-35(28-9-5-4-8-25(26)28)17-21-11-12-22-6-2-3-7-23(22)16-21/h2-13,16,19,24H,14-15,17-18H2,1H3. The molecule has 0 bridgehead atoms. The smallest absolute Gasteiger partial charge is 0.258 e. The average Bonchev–Trinajstić information content (AvgIpc) is 3.52. The van der Waals surface area contributed by atoms with Gasteiger partial charge < -0.3 is 9.47 Å². The number of halogens is 2. The van der Waals surface area contributed by atoms with Gasteiger partial charge in [-0.05, 0) is 59.0 Å². The number of hydrogen-bond acceptors (Lipinski definition) is 1. The lowest BCUT2D eigenvalue weighted by atomic mass is 9.98. The van der Waals surface area contributed by atoms with E-state index in [2.05, 4.69) is 77.5 Å². The van der Waals surface area contributed by atoms with Crippen molar-refractivity contribution in [1.29, 1.82) is 0 Å². The van der Waals surface area contributed by atoms with Gasteiger partial charge in [-0.3, -0.25) is 4.79 Å². The van der Waals surface area contributed by atoms with E-state index in [1.165, 1.54) is 32.8 Å². The van der Waals surface area contributed by atoms with Gasteiger partial charge in [-0.25, -0.2) is 4.39 Å². The number of likely N-dealkylation sites (tertiary alicyclic amines) is 1. The summed E-state index contributed by atoms with van der Waals surface area (Å²) in [6.45, 7) is 3.55. The van der Waals surface area contributed by atoms with Crippen molar-refractivity contribution < 1.29 is 9.18 Å². The highest BCUT2D eigenvalue weighted by atomic mass is 35.5. The molecule has 0 spiro atoms. The van der Waals surface area contributed by atoms with Gasteiger partial charge in [-0.1, -0.05) is 72.3 Å². The van der Waals surface area contributed by atoms with Crippen molar-refractivity contribution in [3.63, 3.8) is 0 Å². The Morgan fingerprint density at radius 1 is 1.00 bits per heavy atom. The molecular weight excluding hydrogens is 471 g/mol. The van der Waals surface area contributed by atoms with E-state index >= 15 is 0 Å². The molecule has 1 saturated heterocycles. The molecule has 1 unspecified atom stereocenters. The summed E-state index contributed by atoms with van der Waals surface area (Å²) >= 11 is 6.23. The predicted octanol–water partition coefficient (Wildman–Crippen LogP) is 7.57. The molecule has 1 aromatic heterocycles. The molecule has 1 aliphatic heterocycles. The molecule has 0 N–H and O–H groups in total. The van der Waals surface area contributed by atoms with E-state index in [4.69, 9.17) is 11.6 Å². The number of carbonyl (C=O) groups is 1. The van der Waals surface area contributed by atoms with Crippen molar-refractivity contribution >= 4 is 39.2 Å². The van der Waals surface area contributed by atoms with Crippen LogP contribution in [0.15, 0.2) is 85.1 Å². The van der Waals surface area contributed by atoms with Crippen LogP contribution in [0.5, 0.6) is 0 Å². The van der Waals surface area contributed by atoms with Crippen molar-refractivity contribution in [2.75, 3.05) is 13.1 Å². The normalized spacial score (nSPS) is 15.8. The summed E-state index contributed by atoms with van der Waals surface area (Å²) in [5, 5.41) is 3.84. The third kappa shape index (κ3) is 3.96. The number of aromatic nitrogens is 1. The summed E-state index contributed by atoms with van der Waals surface area (Å²) in [7, 11) is 0. The highest BCUT2D eigenvalue weighted by molar-refractivity contribution is 6.33. The first-order chi connectivity index (χ1) is 17.5. The Labute approximate surface area is 214 Å². The molecule has 5 heteroatoms. The quantitative estimate of drug-likeness (QED) is 0.252. The van der Waals surface area contributed by atoms with Gasteiger partial charge in [0.25, 0.3) is 5.91 Å². The third-order valence-corrected chi connectivity index (χ3v) is 7.71. The number of nitrogens with zero attached hydrogens (tertiary/aromatic N) is 2. The summed E-state index contributed by atoms with van der Waals surface area (Å²) in [5.41, 5.74) is 4.07. The first kappa shape index (κ1) is 22.8. The molecule has 5 aromatic rings. The lowest BCUT2D eigenvalue weighted by Crippen LogP contribution is -2.29. The number of para-hydroxylation sites is 1. The van der Waals surface area contributed by atoms with E-state index in [0.717, 1.165) is 13.0 Å². The summed E-state index contributed by atoms with van der Waals surface area (Å²) in [5.74, 6) is -0.671. The number of fused-ring (bicyclic) bond motifs is 2. The van der Waals surface area contributed by atoms with Crippen LogP contribution in [0.1, 0.15) is 39.4 Å². The van der Waals surface area contributed by atoms with Crippen LogP contribution in [0.3, 0.4) is 0 Å². The maximum atomic E-state index is 14.8. The fourth-order valence-corrected chi connectivity index (χ4v) is 5.70. The predicted molar refractivity (Wildman–Crippen MR) is 144 cm³/mol. The first-order valence-electron chi connectivity index (χ1n) is 12.3. The van der Waals surface area contributed by atoms with Gasteiger partial charge in [-0.2, -0.15) is 0 Å². The van der Waals surface area contributed by atoms with Crippen LogP contribution in [-0.2, 0) is 6.54 Å². The minimum absolute atomic E-state index is 0.0175. The number of rotatable bonds is 4. The van der Waals surface area contributed by atoms with Crippen LogP contribution in [0.25, 0.3) is 21.7 Å². The highest BCUT2D eigenvalue weighted by Gasteiger charge is 2.32. The molecule has 180 valence electrons. The second kappa shape index (κ2) is 9.11. The Bertz CT molecular complexity index is 1620. The second-order valence-electron chi connectivity index (χ2n) is 9.70. The van der Waals surface area contributed by atoms with Crippen LogP contribution < -0.4 is 0 Å². The Balaban J connectivity index is 1.30. The molecule has 36 heavy (non-hydrogen) atoms. The minimum Gasteiger partial charge on any atom is -0.343 e. The van der Waals surface area contributed by atoms with Gasteiger partial charge >= 0.3 is 0 Å². The van der Waals surface area contributed by atoms with Gasteiger partial charge in [0.05, 0.1) is 10.6 Å². The monoisotopic (exact) mass is 496 g/mol. The van der Waals surface area contributed by atoms with Gasteiger partial charge in [0.15, 0.2) is 0 Å². The molecule has 6 rings (SSSR count). The van der Waals surface area contributed by atoms with E-state index in [-0.39, 0.29) is 22.4 Å². The SMILES string of the molecule is Cc1ccc(Cl)c(C(=O)N2CCC(c3cn(Cc4ccc5ccccc5c4)c4ccccc34)C2)c1F. The molecule has 0 radical (unpaired) electrons. The summed E-state index contributed by atoms with van der Waals surface area (Å²) in [6.07, 6.45) is 3.07. The maximum absolute atomic E-state index is 14.8. The number of benzene rings is 4. The van der Waals surface area contributed by atoms with Crippen LogP contribution in [0, 0.1) is 12.7 Å². The second-order valence-corrected chi connectivity index (χ2v) is 10.1. The Hall–Kier alpha value is -3.63. The zero-order valence-corrected chi connectivity index (χ0v) is 20.8. The lowest BCUT2D eigenvalue weighted by molar-refractivity contribution is 0.0786. The third-order valence-electron chi connectivity index (χ3n) is 7.40. The summed E-state index contributed by atoms with van der Waals surface area (Å²) in [6, 6.07) is 26.6. The van der Waals surface area contributed by atoms with Crippen molar-refractivity contribution in [3.8, 4) is 0 Å². The molecule has 1 amide bonds. The first-order valence-corrected chi connectivity index (χ1v) is 12.7. The molecule has 0 saturated carbocycles. The summed E-state index contributed by atoms with van der Waals surface area (Å²) < 4.78 is 17.1. The number of aryl methyl sites for hydroxylation is 1. The van der Waals surface area contributed by atoms with Crippen molar-refractivity contribution in [2.45, 2.75) is 25.8 Å². The molecule has 4 aromatic carbocycles. The molecule has 0 aliphatic carbocycles. The molecular formula is C31H26ClFN2O. The van der Waals surface area contributed by atoms with E-state index < -0.39 is 5.82 Å². The molecule has 3 nitrogen and oxygen atoms in total. The largest absolute Gasteiger partial charge is 0.343 e. The topological polar surface area (TPSA) is 25.2 Å². The number of hydrogen-bond donors (Lipinski definition) is 0. The zero-order valence-electron chi connectivity index (χ0n) is 20.0. The van der Waals surface area contributed by atoms with Gasteiger partial charge in [0.2, 0.25) is 0 Å². The molecule has 1 aliphatic rings. The summed E-state index contributed by atoms with van der Waals surface area (Å²) in [4.78, 5) is 15.0. The Morgan fingerprint density at radius 2 is 1.78 bits per heavy atom. The molecule has 1 atom stereocenters. The van der Waals surface area contributed by atoms with E-state index in [0.29, 0.717) is 18.7 Å².